The fourth-order valence-electron chi connectivity index (χ4n) is 7.06. The predicted octanol–water partition coefficient (Wildman–Crippen LogP) is 8.35. The van der Waals surface area contributed by atoms with E-state index in [2.05, 4.69) is 119 Å². The van der Waals surface area contributed by atoms with Gasteiger partial charge in [0.25, 0.3) is 0 Å². The van der Waals surface area contributed by atoms with E-state index in [-0.39, 0.29) is 0 Å². The molecule has 1 fully saturated rings. The fourth-order valence-corrected chi connectivity index (χ4v) is 8.28. The van der Waals surface area contributed by atoms with Crippen LogP contribution in [0.4, 0.5) is 0 Å². The summed E-state index contributed by atoms with van der Waals surface area (Å²) < 4.78 is 13.3. The van der Waals surface area contributed by atoms with Crippen molar-refractivity contribution in [3.8, 4) is 28.3 Å². The van der Waals surface area contributed by atoms with Crippen molar-refractivity contribution < 1.29 is 9.31 Å². The third-order valence-electron chi connectivity index (χ3n) is 9.85. The molecule has 5 aromatic rings. The average Bonchev–Trinajstić information content (AvgIpc) is 3.43. The van der Waals surface area contributed by atoms with Crippen LogP contribution in [0.2, 0.25) is 0 Å². The molecular formula is C38H30BNO2S. The van der Waals surface area contributed by atoms with Crippen LogP contribution < -0.4 is 5.46 Å². The van der Waals surface area contributed by atoms with Crippen molar-refractivity contribution in [2.75, 3.05) is 0 Å². The van der Waals surface area contributed by atoms with Gasteiger partial charge in [-0.15, -0.1) is 0 Å². The Morgan fingerprint density at radius 1 is 0.605 bits per heavy atom. The van der Waals surface area contributed by atoms with Crippen LogP contribution in [0.1, 0.15) is 55.5 Å². The predicted molar refractivity (Wildman–Crippen MR) is 174 cm³/mol. The highest BCUT2D eigenvalue weighted by molar-refractivity contribution is 7.99. The van der Waals surface area contributed by atoms with Crippen molar-refractivity contribution in [3.63, 3.8) is 0 Å². The zero-order valence-corrected chi connectivity index (χ0v) is 25.5. The van der Waals surface area contributed by atoms with Crippen molar-refractivity contribution >= 4 is 24.3 Å². The Labute approximate surface area is 257 Å². The van der Waals surface area contributed by atoms with Gasteiger partial charge in [0.15, 0.2) is 0 Å². The lowest BCUT2D eigenvalue weighted by molar-refractivity contribution is 0.00578. The standard InChI is InChI=1S/C38H30BNO2S/c1-36(2)37(3,4)42-39(41-36)33-22-35-32(21-28(33)25-19-17-24(23-40)18-20-25)38(31-15-9-10-16-34(31)43-35)29-13-7-5-11-26(29)27-12-6-8-14-30(27)38/h5-22H,1-4H3. The zero-order chi connectivity index (χ0) is 29.6. The summed E-state index contributed by atoms with van der Waals surface area (Å²) in [5, 5.41) is 9.53. The van der Waals surface area contributed by atoms with Crippen molar-refractivity contribution in [2.45, 2.75) is 54.1 Å². The first-order valence-corrected chi connectivity index (χ1v) is 15.6. The lowest BCUT2D eigenvalue weighted by atomic mass is 9.65. The third-order valence-corrected chi connectivity index (χ3v) is 11.0. The Hall–Kier alpha value is -4.08. The van der Waals surface area contributed by atoms with Gasteiger partial charge < -0.3 is 9.31 Å². The van der Waals surface area contributed by atoms with Crippen LogP contribution in [-0.2, 0) is 14.7 Å². The summed E-state index contributed by atoms with van der Waals surface area (Å²) in [6.45, 7) is 8.39. The van der Waals surface area contributed by atoms with E-state index in [1.807, 2.05) is 36.0 Å². The van der Waals surface area contributed by atoms with Gasteiger partial charge in [0.05, 0.1) is 28.2 Å². The topological polar surface area (TPSA) is 42.2 Å². The molecule has 0 aromatic heterocycles. The highest BCUT2D eigenvalue weighted by atomic mass is 32.2. The summed E-state index contributed by atoms with van der Waals surface area (Å²) in [5.74, 6) is 0. The third kappa shape index (κ3) is 3.64. The van der Waals surface area contributed by atoms with Crippen LogP contribution in [0.15, 0.2) is 119 Å². The number of hydrogen-bond donors (Lipinski definition) is 0. The molecule has 43 heavy (non-hydrogen) atoms. The van der Waals surface area contributed by atoms with E-state index in [1.165, 1.54) is 43.2 Å². The van der Waals surface area contributed by atoms with Gasteiger partial charge in [0.1, 0.15) is 0 Å². The average molecular weight is 576 g/mol. The van der Waals surface area contributed by atoms with Crippen molar-refractivity contribution in [3.05, 3.63) is 137 Å². The number of rotatable bonds is 2. The molecule has 0 N–H and O–H groups in total. The Morgan fingerprint density at radius 3 is 1.77 bits per heavy atom. The van der Waals surface area contributed by atoms with Gasteiger partial charge in [-0.1, -0.05) is 90.6 Å². The van der Waals surface area contributed by atoms with Crippen LogP contribution >= 0.6 is 11.8 Å². The first-order chi connectivity index (χ1) is 20.7. The molecule has 3 aliphatic rings. The number of nitrogens with zero attached hydrogens (tertiary/aromatic N) is 1. The van der Waals surface area contributed by atoms with Crippen molar-refractivity contribution in [2.24, 2.45) is 0 Å². The van der Waals surface area contributed by atoms with Crippen LogP contribution in [-0.4, -0.2) is 18.3 Å². The minimum absolute atomic E-state index is 0.472. The highest BCUT2D eigenvalue weighted by Crippen LogP contribution is 2.62. The van der Waals surface area contributed by atoms with Gasteiger partial charge in [0.2, 0.25) is 0 Å². The molecule has 1 aliphatic carbocycles. The summed E-state index contributed by atoms with van der Waals surface area (Å²) in [5.41, 5.74) is 10.0. The first kappa shape index (κ1) is 26.5. The Morgan fingerprint density at radius 2 is 1.16 bits per heavy atom. The Balaban J connectivity index is 1.46. The molecule has 2 heterocycles. The van der Waals surface area contributed by atoms with Gasteiger partial charge >= 0.3 is 7.12 Å². The smallest absolute Gasteiger partial charge is 0.399 e. The molecule has 0 radical (unpaired) electrons. The lowest BCUT2D eigenvalue weighted by Crippen LogP contribution is -2.41. The van der Waals surface area contributed by atoms with Crippen LogP contribution in [0, 0.1) is 11.3 Å². The molecule has 8 rings (SSSR count). The second kappa shape index (κ2) is 9.21. The van der Waals surface area contributed by atoms with Gasteiger partial charge in [-0.3, -0.25) is 0 Å². The second-order valence-electron chi connectivity index (χ2n) is 12.7. The summed E-state index contributed by atoms with van der Waals surface area (Å²) >= 11 is 1.82. The molecule has 208 valence electrons. The SMILES string of the molecule is CC1(C)OB(c2cc3c(cc2-c2ccc(C#N)cc2)C2(c4ccccc4S3)c3ccccc3-c3ccccc32)OC1(C)C. The van der Waals surface area contributed by atoms with E-state index in [0.717, 1.165) is 16.6 Å². The summed E-state index contributed by atoms with van der Waals surface area (Å²) in [6.07, 6.45) is 0. The monoisotopic (exact) mass is 575 g/mol. The van der Waals surface area contributed by atoms with Gasteiger partial charge in [-0.25, -0.2) is 0 Å². The molecule has 0 amide bonds. The summed E-state index contributed by atoms with van der Waals surface area (Å²) in [4.78, 5) is 2.46. The Kier molecular flexibility index (Phi) is 5.69. The highest BCUT2D eigenvalue weighted by Gasteiger charge is 2.54. The summed E-state index contributed by atoms with van der Waals surface area (Å²) in [6, 6.07) is 41.4. The number of hydrogen-bond acceptors (Lipinski definition) is 4. The molecule has 0 saturated carbocycles. The molecule has 5 heteroatoms. The minimum Gasteiger partial charge on any atom is -0.399 e. The first-order valence-electron chi connectivity index (χ1n) is 14.8. The van der Waals surface area contributed by atoms with E-state index in [1.54, 1.807) is 0 Å². The van der Waals surface area contributed by atoms with Crippen LogP contribution in [0.25, 0.3) is 22.3 Å². The van der Waals surface area contributed by atoms with E-state index < -0.39 is 23.7 Å². The van der Waals surface area contributed by atoms with Crippen LogP contribution in [0.3, 0.4) is 0 Å². The van der Waals surface area contributed by atoms with Gasteiger partial charge in [0, 0.05) is 9.79 Å². The van der Waals surface area contributed by atoms with E-state index in [4.69, 9.17) is 9.31 Å². The number of fused-ring (bicyclic) bond motifs is 9. The van der Waals surface area contributed by atoms with E-state index >= 15 is 0 Å². The molecule has 5 aromatic carbocycles. The molecule has 1 saturated heterocycles. The molecule has 2 aliphatic heterocycles. The second-order valence-corrected chi connectivity index (χ2v) is 13.7. The maximum atomic E-state index is 9.53. The maximum absolute atomic E-state index is 9.53. The van der Waals surface area contributed by atoms with Crippen LogP contribution in [0.5, 0.6) is 0 Å². The molecule has 3 nitrogen and oxygen atoms in total. The van der Waals surface area contributed by atoms with Crippen molar-refractivity contribution in [1.82, 2.24) is 0 Å². The van der Waals surface area contributed by atoms with E-state index in [9.17, 15) is 5.26 Å². The van der Waals surface area contributed by atoms with Gasteiger partial charge in [-0.05, 0) is 108 Å². The number of benzene rings is 5. The largest absolute Gasteiger partial charge is 0.495 e. The normalized spacial score (nSPS) is 18.0. The zero-order valence-electron chi connectivity index (χ0n) is 24.6. The lowest BCUT2D eigenvalue weighted by Gasteiger charge is -2.40. The quantitative estimate of drug-likeness (QED) is 0.194. The Bertz CT molecular complexity index is 1930. The number of nitriles is 1. The molecule has 0 atom stereocenters. The van der Waals surface area contributed by atoms with E-state index in [0.29, 0.717) is 5.56 Å². The molecule has 1 spiro atoms. The minimum atomic E-state index is -0.530. The molecular weight excluding hydrogens is 545 g/mol. The fraction of sp³-hybridized carbons (Fsp3) is 0.184. The van der Waals surface area contributed by atoms with Gasteiger partial charge in [-0.2, -0.15) is 5.26 Å². The summed E-state index contributed by atoms with van der Waals surface area (Å²) in [7, 11) is -0.530. The molecule has 0 unspecified atom stereocenters. The maximum Gasteiger partial charge on any atom is 0.495 e. The van der Waals surface area contributed by atoms with Crippen molar-refractivity contribution in [1.29, 1.82) is 5.26 Å². The molecule has 0 bridgehead atoms.